The van der Waals surface area contributed by atoms with Crippen molar-refractivity contribution >= 4 is 63.0 Å². The summed E-state index contributed by atoms with van der Waals surface area (Å²) in [6.07, 6.45) is 0.308. The monoisotopic (exact) mass is 509 g/mol. The van der Waals surface area contributed by atoms with Gasteiger partial charge in [-0.05, 0) is 30.7 Å². The van der Waals surface area contributed by atoms with Gasteiger partial charge in [0.15, 0.2) is 5.96 Å². The van der Waals surface area contributed by atoms with E-state index in [9.17, 15) is 13.5 Å². The molecule has 10 heteroatoms. The molecule has 0 saturated carbocycles. The van der Waals surface area contributed by atoms with Crippen LogP contribution in [0.2, 0.25) is 10.0 Å². The maximum absolute atomic E-state index is 11.1. The van der Waals surface area contributed by atoms with Gasteiger partial charge in [0.2, 0.25) is 0 Å². The van der Waals surface area contributed by atoms with E-state index in [1.54, 1.807) is 18.2 Å². The van der Waals surface area contributed by atoms with Crippen LogP contribution in [0.15, 0.2) is 23.2 Å². The molecule has 1 aromatic carbocycles. The number of guanidine groups is 1. The molecule has 0 spiro atoms. The number of aliphatic imine (C=N–C) groups is 1. The molecule has 0 fully saturated rings. The lowest BCUT2D eigenvalue weighted by molar-refractivity contribution is 0.187. The predicted molar refractivity (Wildman–Crippen MR) is 111 cm³/mol. The molecule has 0 radical (unpaired) electrons. The Morgan fingerprint density at radius 2 is 1.83 bits per heavy atom. The number of hydrogen-bond acceptors (Lipinski definition) is 4. The van der Waals surface area contributed by atoms with Gasteiger partial charge in [-0.25, -0.2) is 8.42 Å². The van der Waals surface area contributed by atoms with E-state index in [0.717, 1.165) is 0 Å². The van der Waals surface area contributed by atoms with Crippen molar-refractivity contribution in [1.29, 1.82) is 0 Å². The van der Waals surface area contributed by atoms with E-state index in [2.05, 4.69) is 15.6 Å². The molecule has 1 unspecified atom stereocenters. The van der Waals surface area contributed by atoms with Crippen molar-refractivity contribution in [3.63, 3.8) is 0 Å². The molecule has 0 heterocycles. The summed E-state index contributed by atoms with van der Waals surface area (Å²) in [5.74, 6) is 0.437. The molecule has 24 heavy (non-hydrogen) atoms. The average Bonchev–Trinajstić information content (AvgIpc) is 2.42. The minimum atomic E-state index is -3.04. The van der Waals surface area contributed by atoms with Crippen LogP contribution in [-0.2, 0) is 9.84 Å². The zero-order valence-corrected chi connectivity index (χ0v) is 18.1. The van der Waals surface area contributed by atoms with Crippen molar-refractivity contribution in [1.82, 2.24) is 10.6 Å². The van der Waals surface area contributed by atoms with Crippen LogP contribution >= 0.6 is 47.2 Å². The Hall–Kier alpha value is -0.290. The summed E-state index contributed by atoms with van der Waals surface area (Å²) in [4.78, 5) is 4.23. The Bertz CT molecular complexity index is 636. The van der Waals surface area contributed by atoms with Crippen LogP contribution in [0.1, 0.15) is 18.6 Å². The van der Waals surface area contributed by atoms with Crippen LogP contribution in [0, 0.1) is 0 Å². The van der Waals surface area contributed by atoms with Gasteiger partial charge in [-0.2, -0.15) is 0 Å². The quantitative estimate of drug-likeness (QED) is 0.298. The van der Waals surface area contributed by atoms with Crippen molar-refractivity contribution in [3.8, 4) is 0 Å². The maximum Gasteiger partial charge on any atom is 0.191 e. The fourth-order valence-corrected chi connectivity index (χ4v) is 2.76. The summed E-state index contributed by atoms with van der Waals surface area (Å²) in [6, 6.07) is 4.83. The molecular formula is C14H22Cl2IN3O3S. The number of nitrogens with zero attached hydrogens (tertiary/aromatic N) is 1. The lowest BCUT2D eigenvalue weighted by Crippen LogP contribution is -2.39. The van der Waals surface area contributed by atoms with Gasteiger partial charge in [-0.3, -0.25) is 4.99 Å². The van der Waals surface area contributed by atoms with E-state index in [0.29, 0.717) is 28.1 Å². The zero-order chi connectivity index (χ0) is 17.5. The van der Waals surface area contributed by atoms with E-state index in [-0.39, 0.29) is 42.8 Å². The van der Waals surface area contributed by atoms with Gasteiger partial charge in [0.1, 0.15) is 9.84 Å². The first-order chi connectivity index (χ1) is 10.7. The highest BCUT2D eigenvalue weighted by atomic mass is 127. The average molecular weight is 510 g/mol. The van der Waals surface area contributed by atoms with Gasteiger partial charge in [-0.1, -0.05) is 23.2 Å². The highest BCUT2D eigenvalue weighted by molar-refractivity contribution is 14.0. The van der Waals surface area contributed by atoms with E-state index in [1.165, 1.54) is 6.26 Å². The van der Waals surface area contributed by atoms with Crippen LogP contribution in [0.5, 0.6) is 0 Å². The number of sulfone groups is 1. The first-order valence-electron chi connectivity index (χ1n) is 7.05. The van der Waals surface area contributed by atoms with Crippen LogP contribution in [0.3, 0.4) is 0 Å². The minimum absolute atomic E-state index is 0. The molecule has 3 N–H and O–H groups in total. The van der Waals surface area contributed by atoms with Gasteiger partial charge in [0.05, 0.1) is 18.4 Å². The Morgan fingerprint density at radius 1 is 1.25 bits per heavy atom. The topological polar surface area (TPSA) is 90.8 Å². The number of aliphatic hydroxyl groups is 1. The number of rotatable bonds is 7. The normalized spacial score (nSPS) is 13.1. The molecule has 0 aromatic heterocycles. The van der Waals surface area contributed by atoms with Crippen molar-refractivity contribution in [2.24, 2.45) is 4.99 Å². The van der Waals surface area contributed by atoms with Crippen molar-refractivity contribution < 1.29 is 13.5 Å². The van der Waals surface area contributed by atoms with Gasteiger partial charge in [0.25, 0.3) is 0 Å². The highest BCUT2D eigenvalue weighted by Gasteiger charge is 2.10. The van der Waals surface area contributed by atoms with Crippen LogP contribution in [0.25, 0.3) is 0 Å². The molecule has 138 valence electrons. The van der Waals surface area contributed by atoms with Gasteiger partial charge in [0, 0.05) is 29.4 Å². The predicted octanol–water partition coefficient (Wildman–Crippen LogP) is 2.24. The first kappa shape index (κ1) is 23.7. The first-order valence-corrected chi connectivity index (χ1v) is 9.87. The lowest BCUT2D eigenvalue weighted by atomic mass is 10.1. The third-order valence-electron chi connectivity index (χ3n) is 2.80. The fraction of sp³-hybridized carbons (Fsp3) is 0.500. The Balaban J connectivity index is 0.00000529. The molecule has 1 atom stereocenters. The number of benzene rings is 1. The number of aliphatic hydroxyl groups excluding tert-OH is 1. The van der Waals surface area contributed by atoms with E-state index >= 15 is 0 Å². The Morgan fingerprint density at radius 3 is 2.33 bits per heavy atom. The summed E-state index contributed by atoms with van der Waals surface area (Å²) in [6.45, 7) is 2.83. The van der Waals surface area contributed by atoms with Crippen LogP contribution in [0.4, 0.5) is 0 Å². The van der Waals surface area contributed by atoms with Crippen LogP contribution < -0.4 is 10.6 Å². The van der Waals surface area contributed by atoms with E-state index < -0.39 is 15.9 Å². The molecule has 0 aliphatic carbocycles. The van der Waals surface area contributed by atoms with E-state index in [4.69, 9.17) is 23.2 Å². The Labute approximate surface area is 170 Å². The Kier molecular flexibility index (Phi) is 11.2. The lowest BCUT2D eigenvalue weighted by Gasteiger charge is -2.13. The molecule has 1 aromatic rings. The molecule has 6 nitrogen and oxygen atoms in total. The number of halogens is 3. The second kappa shape index (κ2) is 11.3. The van der Waals surface area contributed by atoms with Gasteiger partial charge < -0.3 is 15.7 Å². The van der Waals surface area contributed by atoms with E-state index in [1.807, 2.05) is 6.92 Å². The molecule has 1 rings (SSSR count). The molecule has 0 aliphatic heterocycles. The largest absolute Gasteiger partial charge is 0.386 e. The third-order valence-corrected chi connectivity index (χ3v) is 4.18. The summed E-state index contributed by atoms with van der Waals surface area (Å²) in [5, 5.41) is 16.9. The fourth-order valence-electron chi connectivity index (χ4n) is 1.75. The van der Waals surface area contributed by atoms with Crippen molar-refractivity contribution in [2.75, 3.05) is 31.6 Å². The van der Waals surface area contributed by atoms with Crippen molar-refractivity contribution in [2.45, 2.75) is 13.0 Å². The highest BCUT2D eigenvalue weighted by Crippen LogP contribution is 2.23. The van der Waals surface area contributed by atoms with Gasteiger partial charge >= 0.3 is 0 Å². The molecule has 0 aliphatic rings. The van der Waals surface area contributed by atoms with Crippen molar-refractivity contribution in [3.05, 3.63) is 33.8 Å². The molecule has 0 amide bonds. The molecule has 0 saturated heterocycles. The number of nitrogens with one attached hydrogen (secondary N) is 2. The molecular weight excluding hydrogens is 488 g/mol. The SMILES string of the molecule is CCNC(=NCC(O)c1cc(Cl)cc(Cl)c1)NCCS(C)(=O)=O.I. The maximum atomic E-state index is 11.1. The third kappa shape index (κ3) is 9.87. The number of hydrogen-bond donors (Lipinski definition) is 3. The smallest absolute Gasteiger partial charge is 0.191 e. The second-order valence-electron chi connectivity index (χ2n) is 4.99. The summed E-state index contributed by atoms with van der Waals surface area (Å²) in [5.41, 5.74) is 0.568. The molecule has 0 bridgehead atoms. The summed E-state index contributed by atoms with van der Waals surface area (Å²) in [7, 11) is -3.04. The summed E-state index contributed by atoms with van der Waals surface area (Å²) < 4.78 is 22.2. The minimum Gasteiger partial charge on any atom is -0.386 e. The van der Waals surface area contributed by atoms with Gasteiger partial charge in [-0.15, -0.1) is 24.0 Å². The van der Waals surface area contributed by atoms with Crippen LogP contribution in [-0.4, -0.2) is 51.1 Å². The summed E-state index contributed by atoms with van der Waals surface area (Å²) >= 11 is 11.8. The second-order valence-corrected chi connectivity index (χ2v) is 8.13. The standard InChI is InChI=1S/C14H21Cl2N3O3S.HI/c1-3-17-14(18-4-5-23(2,21)22)19-9-13(20)10-6-11(15)8-12(16)7-10;/h6-8,13,20H,3-5,9H2,1-2H3,(H2,17,18,19);1H. The zero-order valence-electron chi connectivity index (χ0n) is 13.4.